The minimum Gasteiger partial charge on any atom is -0.465 e. The number of aromatic nitrogens is 2. The van der Waals surface area contributed by atoms with E-state index in [1.807, 2.05) is 24.3 Å². The monoisotopic (exact) mass is 277 g/mol. The third-order valence-electron chi connectivity index (χ3n) is 3.29. The topological polar surface area (TPSA) is 58.4 Å². The molecule has 0 unspecified atom stereocenters. The van der Waals surface area contributed by atoms with E-state index in [4.69, 9.17) is 16.7 Å². The van der Waals surface area contributed by atoms with Crippen molar-refractivity contribution < 1.29 is 9.90 Å². The fourth-order valence-electron chi connectivity index (χ4n) is 2.33. The van der Waals surface area contributed by atoms with Crippen molar-refractivity contribution in [1.82, 2.24) is 14.7 Å². The van der Waals surface area contributed by atoms with Gasteiger partial charge in [0.25, 0.3) is 0 Å². The number of carboxylic acid groups (broad SMARTS) is 1. The summed E-state index contributed by atoms with van der Waals surface area (Å²) in [5.74, 6) is 0. The summed E-state index contributed by atoms with van der Waals surface area (Å²) in [6, 6.07) is 7.49. The van der Waals surface area contributed by atoms with Gasteiger partial charge in [-0.1, -0.05) is 23.7 Å². The summed E-state index contributed by atoms with van der Waals surface area (Å²) < 4.78 is 1.80. The number of para-hydroxylation sites is 1. The average Bonchev–Trinajstić information content (AvgIpc) is 2.82. The van der Waals surface area contributed by atoms with Crippen molar-refractivity contribution in [3.05, 3.63) is 46.7 Å². The van der Waals surface area contributed by atoms with E-state index in [2.05, 4.69) is 5.10 Å². The van der Waals surface area contributed by atoms with Crippen LogP contribution in [0.5, 0.6) is 0 Å². The summed E-state index contributed by atoms with van der Waals surface area (Å²) in [5.41, 5.74) is 2.80. The van der Waals surface area contributed by atoms with Gasteiger partial charge in [-0.25, -0.2) is 9.48 Å². The molecule has 0 fully saturated rings. The Hall–Kier alpha value is -2.01. The number of hydrogen-bond acceptors (Lipinski definition) is 2. The molecule has 1 amide bonds. The molecule has 5 nitrogen and oxygen atoms in total. The Morgan fingerprint density at radius 1 is 1.37 bits per heavy atom. The van der Waals surface area contributed by atoms with E-state index in [9.17, 15) is 4.79 Å². The number of rotatable bonds is 1. The fourth-order valence-corrected chi connectivity index (χ4v) is 2.54. The summed E-state index contributed by atoms with van der Waals surface area (Å²) in [6.07, 6.45) is 1.47. The quantitative estimate of drug-likeness (QED) is 0.871. The van der Waals surface area contributed by atoms with Crippen LogP contribution in [-0.2, 0) is 13.0 Å². The van der Waals surface area contributed by atoms with Crippen molar-refractivity contribution in [2.75, 3.05) is 6.54 Å². The van der Waals surface area contributed by atoms with E-state index < -0.39 is 6.09 Å². The molecule has 1 aliphatic heterocycles. The van der Waals surface area contributed by atoms with Crippen LogP contribution in [0.2, 0.25) is 5.02 Å². The molecule has 0 bridgehead atoms. The summed E-state index contributed by atoms with van der Waals surface area (Å²) in [5, 5.41) is 14.0. The van der Waals surface area contributed by atoms with Gasteiger partial charge in [-0.15, -0.1) is 0 Å². The first-order valence-electron chi connectivity index (χ1n) is 5.95. The van der Waals surface area contributed by atoms with Gasteiger partial charge in [0.05, 0.1) is 29.1 Å². The smallest absolute Gasteiger partial charge is 0.407 e. The molecule has 0 radical (unpaired) electrons. The molecular formula is C13H12ClN3O2. The number of nitrogens with zero attached hydrogens (tertiary/aromatic N) is 3. The summed E-state index contributed by atoms with van der Waals surface area (Å²) >= 11 is 6.17. The van der Waals surface area contributed by atoms with Crippen molar-refractivity contribution in [3.8, 4) is 5.69 Å². The molecule has 1 aromatic heterocycles. The maximum atomic E-state index is 11.0. The van der Waals surface area contributed by atoms with Crippen LogP contribution in [0.25, 0.3) is 5.69 Å². The number of amides is 1. The largest absolute Gasteiger partial charge is 0.465 e. The molecule has 0 aliphatic carbocycles. The first kappa shape index (κ1) is 12.0. The highest BCUT2D eigenvalue weighted by atomic mass is 35.5. The molecule has 0 saturated carbocycles. The average molecular weight is 278 g/mol. The molecule has 1 aliphatic rings. The van der Waals surface area contributed by atoms with Crippen LogP contribution in [0.3, 0.4) is 0 Å². The van der Waals surface area contributed by atoms with Gasteiger partial charge < -0.3 is 10.0 Å². The summed E-state index contributed by atoms with van der Waals surface area (Å²) in [4.78, 5) is 12.4. The maximum absolute atomic E-state index is 11.0. The molecule has 0 spiro atoms. The van der Waals surface area contributed by atoms with Gasteiger partial charge in [-0.3, -0.25) is 0 Å². The van der Waals surface area contributed by atoms with Crippen molar-refractivity contribution in [2.45, 2.75) is 13.0 Å². The zero-order valence-electron chi connectivity index (χ0n) is 10.1. The number of halogens is 1. The van der Waals surface area contributed by atoms with Crippen LogP contribution in [-0.4, -0.2) is 32.4 Å². The number of benzene rings is 1. The minimum atomic E-state index is -0.892. The predicted octanol–water partition coefficient (Wildman–Crippen LogP) is 2.56. The number of hydrogen-bond donors (Lipinski definition) is 1. The predicted molar refractivity (Wildman–Crippen MR) is 70.7 cm³/mol. The second-order valence-electron chi connectivity index (χ2n) is 4.43. The lowest BCUT2D eigenvalue weighted by molar-refractivity contribution is 0.139. The first-order chi connectivity index (χ1) is 9.16. The zero-order valence-corrected chi connectivity index (χ0v) is 10.8. The molecule has 3 rings (SSSR count). The van der Waals surface area contributed by atoms with Crippen LogP contribution in [0, 0.1) is 0 Å². The lowest BCUT2D eigenvalue weighted by Gasteiger charge is -2.24. The van der Waals surface area contributed by atoms with E-state index >= 15 is 0 Å². The van der Waals surface area contributed by atoms with Gasteiger partial charge in [0.2, 0.25) is 0 Å². The lowest BCUT2D eigenvalue weighted by atomic mass is 10.1. The normalized spacial score (nSPS) is 14.3. The Labute approximate surface area is 115 Å². The number of fused-ring (bicyclic) bond motifs is 1. The highest BCUT2D eigenvalue weighted by Crippen LogP contribution is 2.25. The number of carbonyl (C=O) groups is 1. The van der Waals surface area contributed by atoms with Gasteiger partial charge in [-0.2, -0.15) is 5.10 Å². The Balaban J connectivity index is 2.00. The van der Waals surface area contributed by atoms with Crippen molar-refractivity contribution in [3.63, 3.8) is 0 Å². The first-order valence-corrected chi connectivity index (χ1v) is 6.33. The molecular weight excluding hydrogens is 266 g/mol. The van der Waals surface area contributed by atoms with Crippen LogP contribution in [0.15, 0.2) is 30.5 Å². The SMILES string of the molecule is O=C(O)N1CCc2c(cnn2-c2ccccc2Cl)C1. The standard InChI is InChI=1S/C13H12ClN3O2/c14-10-3-1-2-4-12(10)17-11-5-6-16(13(18)19)8-9(11)7-15-17/h1-4,7H,5-6,8H2,(H,18,19). The van der Waals surface area contributed by atoms with Gasteiger partial charge in [0, 0.05) is 18.5 Å². The molecule has 0 atom stereocenters. The Kier molecular flexibility index (Phi) is 2.91. The molecule has 98 valence electrons. The maximum Gasteiger partial charge on any atom is 0.407 e. The lowest BCUT2D eigenvalue weighted by Crippen LogP contribution is -2.35. The Morgan fingerprint density at radius 2 is 2.16 bits per heavy atom. The van der Waals surface area contributed by atoms with Crippen LogP contribution in [0.1, 0.15) is 11.3 Å². The van der Waals surface area contributed by atoms with E-state index in [1.165, 1.54) is 4.90 Å². The van der Waals surface area contributed by atoms with E-state index in [0.29, 0.717) is 24.5 Å². The van der Waals surface area contributed by atoms with E-state index in [0.717, 1.165) is 16.9 Å². The van der Waals surface area contributed by atoms with E-state index in [1.54, 1.807) is 10.9 Å². The molecule has 2 aromatic rings. The van der Waals surface area contributed by atoms with Crippen molar-refractivity contribution in [1.29, 1.82) is 0 Å². The molecule has 1 N–H and O–H groups in total. The molecule has 1 aromatic carbocycles. The minimum absolute atomic E-state index is 0.384. The van der Waals surface area contributed by atoms with Gasteiger partial charge in [0.1, 0.15) is 0 Å². The van der Waals surface area contributed by atoms with Gasteiger partial charge >= 0.3 is 6.09 Å². The highest BCUT2D eigenvalue weighted by Gasteiger charge is 2.24. The molecule has 19 heavy (non-hydrogen) atoms. The van der Waals surface area contributed by atoms with Crippen LogP contribution >= 0.6 is 11.6 Å². The van der Waals surface area contributed by atoms with Crippen molar-refractivity contribution >= 4 is 17.7 Å². The van der Waals surface area contributed by atoms with Gasteiger partial charge in [-0.05, 0) is 12.1 Å². The van der Waals surface area contributed by atoms with Gasteiger partial charge in [0.15, 0.2) is 0 Å². The zero-order chi connectivity index (χ0) is 13.4. The highest BCUT2D eigenvalue weighted by molar-refractivity contribution is 6.32. The molecule has 2 heterocycles. The third kappa shape index (κ3) is 2.06. The second kappa shape index (κ2) is 4.59. The summed E-state index contributed by atoms with van der Waals surface area (Å²) in [7, 11) is 0. The van der Waals surface area contributed by atoms with Crippen LogP contribution in [0.4, 0.5) is 4.79 Å². The second-order valence-corrected chi connectivity index (χ2v) is 4.84. The van der Waals surface area contributed by atoms with Crippen molar-refractivity contribution in [2.24, 2.45) is 0 Å². The Morgan fingerprint density at radius 3 is 2.89 bits per heavy atom. The fraction of sp³-hybridized carbons (Fsp3) is 0.231. The molecule has 6 heteroatoms. The summed E-state index contributed by atoms with van der Waals surface area (Å²) in [6.45, 7) is 0.869. The molecule has 0 saturated heterocycles. The Bertz CT molecular complexity index is 639. The van der Waals surface area contributed by atoms with E-state index in [-0.39, 0.29) is 0 Å². The van der Waals surface area contributed by atoms with Crippen LogP contribution < -0.4 is 0 Å². The third-order valence-corrected chi connectivity index (χ3v) is 3.61.